The fraction of sp³-hybridized carbons (Fsp3) is 0.562. The third-order valence-electron chi connectivity index (χ3n) is 3.69. The maximum Gasteiger partial charge on any atom is 0.321 e. The van der Waals surface area contributed by atoms with Crippen LogP contribution in [-0.2, 0) is 20.7 Å². The Morgan fingerprint density at radius 3 is 2.40 bits per heavy atom. The Kier molecular flexibility index (Phi) is 6.74. The van der Waals surface area contributed by atoms with Crippen LogP contribution in [0.4, 0.5) is 4.79 Å². The second-order valence-electron chi connectivity index (χ2n) is 5.82. The third-order valence-corrected chi connectivity index (χ3v) is 4.24. The molecule has 1 saturated carbocycles. The molecular formula is C16H22N4O4S. The molecule has 1 aliphatic rings. The molecule has 1 aromatic heterocycles. The van der Waals surface area contributed by atoms with Crippen molar-refractivity contribution in [1.82, 2.24) is 20.6 Å². The summed E-state index contributed by atoms with van der Waals surface area (Å²) in [5.74, 6) is -1.16. The van der Waals surface area contributed by atoms with Gasteiger partial charge >= 0.3 is 12.0 Å². The van der Waals surface area contributed by atoms with Gasteiger partial charge in [0.1, 0.15) is 0 Å². The summed E-state index contributed by atoms with van der Waals surface area (Å²) < 4.78 is 4.90. The lowest BCUT2D eigenvalue weighted by molar-refractivity contribution is -0.148. The van der Waals surface area contributed by atoms with Crippen molar-refractivity contribution >= 4 is 29.7 Å². The standard InChI is InChI=1S/C16H22N4O4S/c1-9-12(10(2)18-16(17-9)25-3)6-7-14(22)24-8-13(21)20-15(23)19-11-4-5-11/h11H,4-8H2,1-3H3,(H2,19,20,21,23). The largest absolute Gasteiger partial charge is 0.456 e. The van der Waals surface area contributed by atoms with Crippen LogP contribution in [0, 0.1) is 13.8 Å². The molecule has 0 spiro atoms. The van der Waals surface area contributed by atoms with Crippen LogP contribution in [-0.4, -0.2) is 46.8 Å². The summed E-state index contributed by atoms with van der Waals surface area (Å²) in [4.78, 5) is 43.4. The first-order valence-electron chi connectivity index (χ1n) is 8.03. The van der Waals surface area contributed by atoms with Crippen molar-refractivity contribution in [3.05, 3.63) is 17.0 Å². The van der Waals surface area contributed by atoms with E-state index in [9.17, 15) is 14.4 Å². The number of nitrogens with one attached hydrogen (secondary N) is 2. The normalized spacial score (nSPS) is 13.2. The Balaban J connectivity index is 1.73. The summed E-state index contributed by atoms with van der Waals surface area (Å²) in [5.41, 5.74) is 2.57. The van der Waals surface area contributed by atoms with E-state index >= 15 is 0 Å². The summed E-state index contributed by atoms with van der Waals surface area (Å²) in [5, 5.41) is 5.43. The number of thioether (sulfide) groups is 1. The minimum Gasteiger partial charge on any atom is -0.456 e. The number of hydrogen-bond donors (Lipinski definition) is 2. The molecule has 25 heavy (non-hydrogen) atoms. The number of nitrogens with zero attached hydrogens (tertiary/aromatic N) is 2. The van der Waals surface area contributed by atoms with Gasteiger partial charge in [-0.25, -0.2) is 14.8 Å². The molecule has 1 fully saturated rings. The quantitative estimate of drug-likeness (QED) is 0.425. The van der Waals surface area contributed by atoms with Gasteiger partial charge in [0, 0.05) is 23.9 Å². The predicted octanol–water partition coefficient (Wildman–Crippen LogP) is 1.28. The van der Waals surface area contributed by atoms with Gasteiger partial charge in [0.15, 0.2) is 11.8 Å². The number of urea groups is 1. The van der Waals surface area contributed by atoms with E-state index < -0.39 is 24.5 Å². The number of rotatable bonds is 7. The summed E-state index contributed by atoms with van der Waals surface area (Å²) in [6, 6.07) is -0.401. The Labute approximate surface area is 150 Å². The molecule has 0 atom stereocenters. The zero-order chi connectivity index (χ0) is 18.4. The van der Waals surface area contributed by atoms with E-state index in [4.69, 9.17) is 4.74 Å². The summed E-state index contributed by atoms with van der Waals surface area (Å²) in [6.07, 6.45) is 4.31. The number of carbonyl (C=O) groups excluding carboxylic acids is 3. The van der Waals surface area contributed by atoms with Gasteiger partial charge in [-0.1, -0.05) is 11.8 Å². The number of ether oxygens (including phenoxy) is 1. The fourth-order valence-corrected chi connectivity index (χ4v) is 2.68. The predicted molar refractivity (Wildman–Crippen MR) is 92.3 cm³/mol. The van der Waals surface area contributed by atoms with E-state index in [2.05, 4.69) is 20.6 Å². The topological polar surface area (TPSA) is 110 Å². The SMILES string of the molecule is CSc1nc(C)c(CCC(=O)OCC(=O)NC(=O)NC2CC2)c(C)n1. The minimum absolute atomic E-state index is 0.116. The second kappa shape index (κ2) is 8.80. The van der Waals surface area contributed by atoms with Crippen LogP contribution < -0.4 is 10.6 Å². The van der Waals surface area contributed by atoms with Crippen LogP contribution in [0.1, 0.15) is 36.2 Å². The molecule has 3 amide bonds. The van der Waals surface area contributed by atoms with Crippen LogP contribution in [0.3, 0.4) is 0 Å². The molecule has 1 aromatic rings. The van der Waals surface area contributed by atoms with Gasteiger partial charge in [0.05, 0.1) is 0 Å². The monoisotopic (exact) mass is 366 g/mol. The van der Waals surface area contributed by atoms with Crippen molar-refractivity contribution in [2.75, 3.05) is 12.9 Å². The van der Waals surface area contributed by atoms with Gasteiger partial charge in [-0.3, -0.25) is 14.9 Å². The number of carbonyl (C=O) groups is 3. The number of hydrogen-bond acceptors (Lipinski definition) is 7. The van der Waals surface area contributed by atoms with Crippen LogP contribution in [0.25, 0.3) is 0 Å². The minimum atomic E-state index is -0.647. The van der Waals surface area contributed by atoms with E-state index in [1.165, 1.54) is 11.8 Å². The highest BCUT2D eigenvalue weighted by molar-refractivity contribution is 7.98. The van der Waals surface area contributed by atoms with Crippen LogP contribution >= 0.6 is 11.8 Å². The molecule has 0 bridgehead atoms. The van der Waals surface area contributed by atoms with Crippen LogP contribution in [0.15, 0.2) is 5.16 Å². The zero-order valence-electron chi connectivity index (χ0n) is 14.5. The molecular weight excluding hydrogens is 344 g/mol. The first-order chi connectivity index (χ1) is 11.9. The van der Waals surface area contributed by atoms with Crippen molar-refractivity contribution in [3.8, 4) is 0 Å². The number of imide groups is 1. The van der Waals surface area contributed by atoms with Crippen molar-refractivity contribution in [3.63, 3.8) is 0 Å². The summed E-state index contributed by atoms with van der Waals surface area (Å²) in [6.45, 7) is 3.28. The number of amides is 3. The van der Waals surface area contributed by atoms with Gasteiger partial charge in [0.25, 0.3) is 5.91 Å². The Hall–Kier alpha value is -2.16. The number of aryl methyl sites for hydroxylation is 2. The van der Waals surface area contributed by atoms with Crippen molar-refractivity contribution in [2.45, 2.75) is 50.7 Å². The lowest BCUT2D eigenvalue weighted by atomic mass is 10.1. The van der Waals surface area contributed by atoms with E-state index in [1.807, 2.05) is 20.1 Å². The lowest BCUT2D eigenvalue weighted by Crippen LogP contribution is -2.42. The van der Waals surface area contributed by atoms with Gasteiger partial charge in [-0.15, -0.1) is 0 Å². The first kappa shape index (κ1) is 19.2. The number of aromatic nitrogens is 2. The molecule has 0 aliphatic heterocycles. The molecule has 0 unspecified atom stereocenters. The van der Waals surface area contributed by atoms with Gasteiger partial charge in [0.2, 0.25) is 0 Å². The Morgan fingerprint density at radius 1 is 1.20 bits per heavy atom. The molecule has 2 N–H and O–H groups in total. The average molecular weight is 366 g/mol. The van der Waals surface area contributed by atoms with Gasteiger partial charge in [-0.2, -0.15) is 0 Å². The van der Waals surface area contributed by atoms with Crippen LogP contribution in [0.2, 0.25) is 0 Å². The maximum absolute atomic E-state index is 11.8. The highest BCUT2D eigenvalue weighted by Gasteiger charge is 2.24. The lowest BCUT2D eigenvalue weighted by Gasteiger charge is -2.10. The van der Waals surface area contributed by atoms with Crippen molar-refractivity contribution < 1.29 is 19.1 Å². The first-order valence-corrected chi connectivity index (χ1v) is 9.25. The smallest absolute Gasteiger partial charge is 0.321 e. The van der Waals surface area contributed by atoms with E-state index in [0.717, 1.165) is 29.8 Å². The van der Waals surface area contributed by atoms with E-state index in [1.54, 1.807) is 0 Å². The molecule has 0 radical (unpaired) electrons. The highest BCUT2D eigenvalue weighted by Crippen LogP contribution is 2.18. The van der Waals surface area contributed by atoms with E-state index in [-0.39, 0.29) is 12.5 Å². The second-order valence-corrected chi connectivity index (χ2v) is 6.59. The van der Waals surface area contributed by atoms with Crippen LogP contribution in [0.5, 0.6) is 0 Å². The molecule has 8 nitrogen and oxygen atoms in total. The van der Waals surface area contributed by atoms with Crippen molar-refractivity contribution in [1.29, 1.82) is 0 Å². The van der Waals surface area contributed by atoms with Gasteiger partial charge in [-0.05, 0) is 44.9 Å². The molecule has 1 heterocycles. The molecule has 1 aliphatic carbocycles. The summed E-state index contributed by atoms with van der Waals surface area (Å²) >= 11 is 1.46. The third kappa shape index (κ3) is 6.33. The average Bonchev–Trinajstić information content (AvgIpc) is 3.35. The highest BCUT2D eigenvalue weighted by atomic mass is 32.2. The zero-order valence-corrected chi connectivity index (χ0v) is 15.4. The Morgan fingerprint density at radius 2 is 1.84 bits per heavy atom. The summed E-state index contributed by atoms with van der Waals surface area (Å²) in [7, 11) is 0. The van der Waals surface area contributed by atoms with Gasteiger partial charge < -0.3 is 10.1 Å². The fourth-order valence-electron chi connectivity index (χ4n) is 2.22. The number of esters is 1. The Bertz CT molecular complexity index is 653. The molecule has 2 rings (SSSR count). The van der Waals surface area contributed by atoms with E-state index in [0.29, 0.717) is 11.6 Å². The van der Waals surface area contributed by atoms with Crippen molar-refractivity contribution in [2.24, 2.45) is 0 Å². The maximum atomic E-state index is 11.8. The molecule has 0 saturated heterocycles. The molecule has 0 aromatic carbocycles. The molecule has 9 heteroatoms. The molecule has 136 valence electrons.